The topological polar surface area (TPSA) is 58.9 Å². The maximum absolute atomic E-state index is 13.9. The molecule has 0 saturated heterocycles. The molecule has 96 valence electrons. The molecule has 1 amide bonds. The third kappa shape index (κ3) is 1.82. The second-order valence-electron chi connectivity index (χ2n) is 4.30. The first-order valence-corrected chi connectivity index (χ1v) is 6.56. The first-order chi connectivity index (χ1) is 9.08. The van der Waals surface area contributed by atoms with Crippen LogP contribution in [-0.4, -0.2) is 10.9 Å². The first kappa shape index (κ1) is 11.9. The molecule has 0 aliphatic carbocycles. The number of primary amides is 1. The van der Waals surface area contributed by atoms with Crippen LogP contribution in [-0.2, 0) is 0 Å². The number of amides is 1. The van der Waals surface area contributed by atoms with Gasteiger partial charge in [-0.05, 0) is 19.1 Å². The predicted octanol–water partition coefficient (Wildman–Crippen LogP) is 3.44. The van der Waals surface area contributed by atoms with Gasteiger partial charge in [-0.1, -0.05) is 18.2 Å². The Bertz CT molecular complexity index is 788. The molecule has 0 bridgehead atoms. The van der Waals surface area contributed by atoms with Gasteiger partial charge in [-0.2, -0.15) is 0 Å². The van der Waals surface area contributed by atoms with Gasteiger partial charge in [-0.15, -0.1) is 11.3 Å². The van der Waals surface area contributed by atoms with Gasteiger partial charge in [0.25, 0.3) is 5.91 Å². The minimum absolute atomic E-state index is 0.277. The summed E-state index contributed by atoms with van der Waals surface area (Å²) in [6, 6.07) is 8.31. The van der Waals surface area contributed by atoms with Gasteiger partial charge in [0.2, 0.25) is 0 Å². The van der Waals surface area contributed by atoms with E-state index in [-0.39, 0.29) is 5.82 Å². The summed E-state index contributed by atoms with van der Waals surface area (Å²) in [5, 5.41) is 0. The van der Waals surface area contributed by atoms with Crippen molar-refractivity contribution in [1.82, 2.24) is 4.98 Å². The molecule has 1 aromatic carbocycles. The highest BCUT2D eigenvalue weighted by Crippen LogP contribution is 2.39. The van der Waals surface area contributed by atoms with Crippen molar-refractivity contribution in [2.45, 2.75) is 6.92 Å². The number of carbonyl (C=O) groups excluding carboxylic acids is 1. The number of H-pyrrole nitrogens is 1. The summed E-state index contributed by atoms with van der Waals surface area (Å²) in [5.74, 6) is -0.791. The second-order valence-corrected chi connectivity index (χ2v) is 5.56. The van der Waals surface area contributed by atoms with Crippen LogP contribution in [0.15, 0.2) is 30.3 Å². The van der Waals surface area contributed by atoms with Crippen LogP contribution >= 0.6 is 11.3 Å². The number of nitrogens with two attached hydrogens (primary N) is 1. The summed E-state index contributed by atoms with van der Waals surface area (Å²) >= 11 is 1.51. The Balaban J connectivity index is 2.31. The monoisotopic (exact) mass is 274 g/mol. The molecule has 3 nitrogen and oxygen atoms in total. The SMILES string of the molecule is Cc1sc2cc(C(N)=O)[nH]c2c1-c1ccccc1F. The third-order valence-electron chi connectivity index (χ3n) is 3.06. The van der Waals surface area contributed by atoms with Gasteiger partial charge in [-0.25, -0.2) is 4.39 Å². The highest BCUT2D eigenvalue weighted by Gasteiger charge is 2.17. The second kappa shape index (κ2) is 4.20. The molecule has 3 N–H and O–H groups in total. The number of thiophene rings is 1. The van der Waals surface area contributed by atoms with Crippen molar-refractivity contribution in [3.63, 3.8) is 0 Å². The number of hydrogen-bond donors (Lipinski definition) is 2. The van der Waals surface area contributed by atoms with E-state index in [4.69, 9.17) is 5.73 Å². The fourth-order valence-electron chi connectivity index (χ4n) is 2.21. The maximum Gasteiger partial charge on any atom is 0.265 e. The number of halogens is 1. The largest absolute Gasteiger partial charge is 0.364 e. The average molecular weight is 274 g/mol. The number of hydrogen-bond acceptors (Lipinski definition) is 2. The van der Waals surface area contributed by atoms with Crippen LogP contribution in [0.25, 0.3) is 21.3 Å². The standard InChI is InChI=1S/C14H11FN2OS/c1-7-12(8-4-2-3-5-9(8)15)13-11(19-7)6-10(17-13)14(16)18/h2-6,17H,1H3,(H2,16,18). The Kier molecular flexibility index (Phi) is 2.64. The molecule has 0 saturated carbocycles. The smallest absolute Gasteiger partial charge is 0.265 e. The fourth-order valence-corrected chi connectivity index (χ4v) is 3.29. The van der Waals surface area contributed by atoms with Gasteiger partial charge in [-0.3, -0.25) is 4.79 Å². The molecular weight excluding hydrogens is 263 g/mol. The molecule has 3 aromatic rings. The molecule has 0 fully saturated rings. The van der Waals surface area contributed by atoms with Crippen LogP contribution in [0.2, 0.25) is 0 Å². The number of nitrogens with one attached hydrogen (secondary N) is 1. The van der Waals surface area contributed by atoms with Gasteiger partial charge in [0.05, 0.1) is 10.2 Å². The number of aryl methyl sites for hydroxylation is 1. The molecule has 0 atom stereocenters. The van der Waals surface area contributed by atoms with E-state index >= 15 is 0 Å². The Morgan fingerprint density at radius 3 is 2.79 bits per heavy atom. The molecular formula is C14H11FN2OS. The van der Waals surface area contributed by atoms with Crippen molar-refractivity contribution in [2.75, 3.05) is 0 Å². The van der Waals surface area contributed by atoms with Gasteiger partial charge < -0.3 is 10.7 Å². The molecule has 5 heteroatoms. The highest BCUT2D eigenvalue weighted by molar-refractivity contribution is 7.19. The van der Waals surface area contributed by atoms with Gasteiger partial charge >= 0.3 is 0 Å². The summed E-state index contributed by atoms with van der Waals surface area (Å²) in [7, 11) is 0. The summed E-state index contributed by atoms with van der Waals surface area (Å²) in [5.41, 5.74) is 7.69. The van der Waals surface area contributed by atoms with Crippen LogP contribution in [0, 0.1) is 12.7 Å². The van der Waals surface area contributed by atoms with E-state index < -0.39 is 5.91 Å². The molecule has 3 rings (SSSR count). The highest BCUT2D eigenvalue weighted by atomic mass is 32.1. The Morgan fingerprint density at radius 2 is 2.11 bits per heavy atom. The first-order valence-electron chi connectivity index (χ1n) is 5.74. The van der Waals surface area contributed by atoms with E-state index in [0.29, 0.717) is 11.3 Å². The lowest BCUT2D eigenvalue weighted by Crippen LogP contribution is -2.10. The van der Waals surface area contributed by atoms with E-state index in [9.17, 15) is 9.18 Å². The minimum Gasteiger partial charge on any atom is -0.364 e. The Morgan fingerprint density at radius 1 is 1.37 bits per heavy atom. The van der Waals surface area contributed by atoms with E-state index in [0.717, 1.165) is 20.7 Å². The van der Waals surface area contributed by atoms with Gasteiger partial charge in [0.1, 0.15) is 11.5 Å². The molecule has 19 heavy (non-hydrogen) atoms. The summed E-state index contributed by atoms with van der Waals surface area (Å²) < 4.78 is 14.8. The van der Waals surface area contributed by atoms with Crippen molar-refractivity contribution in [2.24, 2.45) is 5.73 Å². The van der Waals surface area contributed by atoms with Crippen molar-refractivity contribution < 1.29 is 9.18 Å². The number of carbonyl (C=O) groups is 1. The average Bonchev–Trinajstić information content (AvgIpc) is 2.87. The Labute approximate surface area is 112 Å². The van der Waals surface area contributed by atoms with Crippen LogP contribution in [0.4, 0.5) is 4.39 Å². The van der Waals surface area contributed by atoms with E-state index in [1.807, 2.05) is 6.92 Å². The molecule has 2 aromatic heterocycles. The zero-order valence-corrected chi connectivity index (χ0v) is 11.0. The molecule has 2 heterocycles. The van der Waals surface area contributed by atoms with Gasteiger partial charge in [0.15, 0.2) is 0 Å². The fraction of sp³-hybridized carbons (Fsp3) is 0.0714. The van der Waals surface area contributed by atoms with Crippen molar-refractivity contribution in [3.05, 3.63) is 46.7 Å². The number of aromatic nitrogens is 1. The number of aromatic amines is 1. The molecule has 0 aliphatic heterocycles. The molecule has 0 unspecified atom stereocenters. The molecule has 0 aliphatic rings. The quantitative estimate of drug-likeness (QED) is 0.739. The molecule has 0 radical (unpaired) electrons. The predicted molar refractivity (Wildman–Crippen MR) is 74.8 cm³/mol. The van der Waals surface area contributed by atoms with Crippen molar-refractivity contribution in [3.8, 4) is 11.1 Å². The zero-order valence-electron chi connectivity index (χ0n) is 10.2. The third-order valence-corrected chi connectivity index (χ3v) is 4.11. The summed E-state index contributed by atoms with van der Waals surface area (Å²) in [6.07, 6.45) is 0. The molecule has 0 spiro atoms. The lowest BCUT2D eigenvalue weighted by atomic mass is 10.1. The van der Waals surface area contributed by atoms with Crippen molar-refractivity contribution >= 4 is 27.5 Å². The Hall–Kier alpha value is -2.14. The van der Waals surface area contributed by atoms with Gasteiger partial charge in [0, 0.05) is 16.0 Å². The normalized spacial score (nSPS) is 11.1. The lowest BCUT2D eigenvalue weighted by Gasteiger charge is -2.02. The minimum atomic E-state index is -0.513. The van der Waals surface area contributed by atoms with Crippen LogP contribution in [0.1, 0.15) is 15.4 Å². The summed E-state index contributed by atoms with van der Waals surface area (Å²) in [6.45, 7) is 1.93. The number of fused-ring (bicyclic) bond motifs is 1. The van der Waals surface area contributed by atoms with E-state index in [1.54, 1.807) is 24.3 Å². The zero-order chi connectivity index (χ0) is 13.6. The maximum atomic E-state index is 13.9. The number of benzene rings is 1. The van der Waals surface area contributed by atoms with Crippen LogP contribution in [0.5, 0.6) is 0 Å². The number of rotatable bonds is 2. The van der Waals surface area contributed by atoms with E-state index in [2.05, 4.69) is 4.98 Å². The van der Waals surface area contributed by atoms with Crippen LogP contribution < -0.4 is 5.73 Å². The van der Waals surface area contributed by atoms with E-state index in [1.165, 1.54) is 17.4 Å². The lowest BCUT2D eigenvalue weighted by molar-refractivity contribution is 0.0996. The van der Waals surface area contributed by atoms with Crippen LogP contribution in [0.3, 0.4) is 0 Å². The van der Waals surface area contributed by atoms with Crippen molar-refractivity contribution in [1.29, 1.82) is 0 Å². The summed E-state index contributed by atoms with van der Waals surface area (Å²) in [4.78, 5) is 15.2.